The molecule has 0 radical (unpaired) electrons. The number of phenolic OH excluding ortho intramolecular Hbond substituents is 1. The van der Waals surface area contributed by atoms with Crippen LogP contribution in [-0.2, 0) is 4.74 Å². The maximum absolute atomic E-state index is 12.7. The Morgan fingerprint density at radius 3 is 2.56 bits per heavy atom. The fourth-order valence-corrected chi connectivity index (χ4v) is 4.82. The second-order valence-corrected chi connectivity index (χ2v) is 9.58. The molecule has 1 aliphatic heterocycles. The van der Waals surface area contributed by atoms with Gasteiger partial charge in [-0.05, 0) is 67.2 Å². The molecule has 0 saturated carbocycles. The molecule has 0 aliphatic carbocycles. The van der Waals surface area contributed by atoms with Gasteiger partial charge in [-0.2, -0.15) is 0 Å². The van der Waals surface area contributed by atoms with Crippen LogP contribution in [0.2, 0.25) is 0 Å². The lowest BCUT2D eigenvalue weighted by atomic mass is 9.85. The quantitative estimate of drug-likeness (QED) is 0.440. The van der Waals surface area contributed by atoms with Gasteiger partial charge in [-0.3, -0.25) is 4.79 Å². The van der Waals surface area contributed by atoms with Crippen LogP contribution in [0.5, 0.6) is 11.5 Å². The van der Waals surface area contributed by atoms with Crippen molar-refractivity contribution < 1.29 is 14.9 Å². The number of benzene rings is 1. The van der Waals surface area contributed by atoms with Crippen molar-refractivity contribution in [2.75, 3.05) is 0 Å². The van der Waals surface area contributed by atoms with Crippen molar-refractivity contribution in [3.63, 3.8) is 0 Å². The van der Waals surface area contributed by atoms with E-state index in [1.54, 1.807) is 24.3 Å². The maximum Gasteiger partial charge on any atom is 0.257 e. The third-order valence-corrected chi connectivity index (χ3v) is 6.78. The van der Waals surface area contributed by atoms with Crippen molar-refractivity contribution in [1.82, 2.24) is 4.98 Å². The number of aromatic nitrogens is 1. The SMILES string of the molecule is CC[C@H](C)C[C@H](C)/C=C(\C)[C@@H]1O[C@H](c2c(O)c(-c3ccc(O)cc3)c[nH]c2=O)CC[C@H]1C. The minimum absolute atomic E-state index is 0.0514. The highest BCUT2D eigenvalue weighted by atomic mass is 16.5. The summed E-state index contributed by atoms with van der Waals surface area (Å²) in [5, 5.41) is 20.6. The number of nitrogens with one attached hydrogen (secondary N) is 1. The van der Waals surface area contributed by atoms with Gasteiger partial charge in [0.1, 0.15) is 11.5 Å². The number of pyridine rings is 1. The van der Waals surface area contributed by atoms with E-state index in [1.165, 1.54) is 18.2 Å². The average molecular weight is 440 g/mol. The Morgan fingerprint density at radius 1 is 1.22 bits per heavy atom. The van der Waals surface area contributed by atoms with Gasteiger partial charge in [-0.25, -0.2) is 0 Å². The van der Waals surface area contributed by atoms with Crippen LogP contribution in [0.25, 0.3) is 11.1 Å². The molecule has 1 fully saturated rings. The molecular formula is C27H37NO4. The van der Waals surface area contributed by atoms with Crippen molar-refractivity contribution >= 4 is 0 Å². The minimum atomic E-state index is -0.467. The Balaban J connectivity index is 1.88. The summed E-state index contributed by atoms with van der Waals surface area (Å²) in [7, 11) is 0. The number of H-pyrrole nitrogens is 1. The van der Waals surface area contributed by atoms with Gasteiger partial charge in [0, 0.05) is 11.8 Å². The molecule has 1 aromatic carbocycles. The second kappa shape index (κ2) is 10.4. The van der Waals surface area contributed by atoms with Crippen LogP contribution in [-0.4, -0.2) is 21.3 Å². The van der Waals surface area contributed by atoms with E-state index < -0.39 is 6.10 Å². The molecule has 5 atom stereocenters. The van der Waals surface area contributed by atoms with E-state index in [9.17, 15) is 15.0 Å². The van der Waals surface area contributed by atoms with Crippen LogP contribution < -0.4 is 5.56 Å². The molecule has 3 rings (SSSR count). The number of hydrogen-bond acceptors (Lipinski definition) is 4. The molecule has 1 aliphatic rings. The number of aromatic hydroxyl groups is 2. The topological polar surface area (TPSA) is 82.5 Å². The smallest absolute Gasteiger partial charge is 0.257 e. The van der Waals surface area contributed by atoms with Crippen LogP contribution in [0, 0.1) is 17.8 Å². The summed E-state index contributed by atoms with van der Waals surface area (Å²) in [5.74, 6) is 1.60. The molecule has 1 aromatic heterocycles. The molecule has 0 bridgehead atoms. The molecule has 0 amide bonds. The van der Waals surface area contributed by atoms with Gasteiger partial charge in [0.2, 0.25) is 0 Å². The monoisotopic (exact) mass is 439 g/mol. The van der Waals surface area contributed by atoms with E-state index in [2.05, 4.69) is 45.7 Å². The minimum Gasteiger partial charge on any atom is -0.508 e. The van der Waals surface area contributed by atoms with E-state index in [0.29, 0.717) is 35.3 Å². The predicted octanol–water partition coefficient (Wildman–Crippen LogP) is 6.33. The Labute approximate surface area is 191 Å². The molecule has 0 unspecified atom stereocenters. The largest absolute Gasteiger partial charge is 0.508 e. The van der Waals surface area contributed by atoms with Gasteiger partial charge < -0.3 is 19.9 Å². The first-order chi connectivity index (χ1) is 15.2. The molecule has 5 heteroatoms. The molecule has 0 spiro atoms. The zero-order chi connectivity index (χ0) is 23.4. The molecule has 1 saturated heterocycles. The Bertz CT molecular complexity index is 992. The van der Waals surface area contributed by atoms with E-state index in [-0.39, 0.29) is 28.7 Å². The van der Waals surface area contributed by atoms with Crippen LogP contribution in [0.3, 0.4) is 0 Å². The van der Waals surface area contributed by atoms with E-state index in [4.69, 9.17) is 4.74 Å². The number of ether oxygens (including phenoxy) is 1. The number of phenols is 1. The lowest BCUT2D eigenvalue weighted by Crippen LogP contribution is -2.33. The highest BCUT2D eigenvalue weighted by molar-refractivity contribution is 5.71. The fraction of sp³-hybridized carbons (Fsp3) is 0.519. The van der Waals surface area contributed by atoms with Gasteiger partial charge in [0.25, 0.3) is 5.56 Å². The zero-order valence-corrected chi connectivity index (χ0v) is 19.9. The highest BCUT2D eigenvalue weighted by Gasteiger charge is 2.33. The lowest BCUT2D eigenvalue weighted by Gasteiger charge is -2.36. The molecule has 174 valence electrons. The predicted molar refractivity (Wildman–Crippen MR) is 129 cm³/mol. The molecule has 3 N–H and O–H groups in total. The first-order valence-electron chi connectivity index (χ1n) is 11.8. The number of hydrogen-bond donors (Lipinski definition) is 3. The van der Waals surface area contributed by atoms with Crippen LogP contribution in [0.4, 0.5) is 0 Å². The van der Waals surface area contributed by atoms with Crippen molar-refractivity contribution in [2.24, 2.45) is 17.8 Å². The lowest BCUT2D eigenvalue weighted by molar-refractivity contribution is -0.0630. The number of rotatable bonds is 7. The molecular weight excluding hydrogens is 402 g/mol. The number of allylic oxidation sites excluding steroid dienone is 1. The summed E-state index contributed by atoms with van der Waals surface area (Å²) >= 11 is 0. The molecule has 5 nitrogen and oxygen atoms in total. The van der Waals surface area contributed by atoms with Crippen molar-refractivity contribution in [3.05, 3.63) is 58.0 Å². The summed E-state index contributed by atoms with van der Waals surface area (Å²) in [6, 6.07) is 6.54. The second-order valence-electron chi connectivity index (χ2n) is 9.58. The van der Waals surface area contributed by atoms with Gasteiger partial charge in [0.15, 0.2) is 0 Å². The fourth-order valence-electron chi connectivity index (χ4n) is 4.82. The summed E-state index contributed by atoms with van der Waals surface area (Å²) < 4.78 is 6.46. The normalized spacial score (nSPS) is 23.7. The summed E-state index contributed by atoms with van der Waals surface area (Å²) in [6.07, 6.45) is 7.20. The first kappa shape index (κ1) is 24.1. The Kier molecular flexibility index (Phi) is 7.83. The molecule has 2 heterocycles. The zero-order valence-electron chi connectivity index (χ0n) is 19.9. The first-order valence-corrected chi connectivity index (χ1v) is 11.8. The summed E-state index contributed by atoms with van der Waals surface area (Å²) in [5.41, 5.74) is 2.40. The summed E-state index contributed by atoms with van der Waals surface area (Å²) in [4.78, 5) is 15.5. The highest BCUT2D eigenvalue weighted by Crippen LogP contribution is 2.41. The van der Waals surface area contributed by atoms with Gasteiger partial charge in [-0.15, -0.1) is 0 Å². The third-order valence-electron chi connectivity index (χ3n) is 6.78. The van der Waals surface area contributed by atoms with E-state index in [1.807, 2.05) is 0 Å². The number of aromatic amines is 1. The molecule has 32 heavy (non-hydrogen) atoms. The van der Waals surface area contributed by atoms with Crippen LogP contribution in [0.1, 0.15) is 72.0 Å². The Morgan fingerprint density at radius 2 is 1.91 bits per heavy atom. The van der Waals surface area contributed by atoms with Crippen molar-refractivity contribution in [1.29, 1.82) is 0 Å². The van der Waals surface area contributed by atoms with Gasteiger partial charge >= 0.3 is 0 Å². The third kappa shape index (κ3) is 5.44. The van der Waals surface area contributed by atoms with Crippen molar-refractivity contribution in [2.45, 2.75) is 72.5 Å². The van der Waals surface area contributed by atoms with Gasteiger partial charge in [0.05, 0.1) is 17.8 Å². The maximum atomic E-state index is 12.7. The van der Waals surface area contributed by atoms with Crippen LogP contribution in [0.15, 0.2) is 46.9 Å². The Hall–Kier alpha value is -2.53. The van der Waals surface area contributed by atoms with E-state index in [0.717, 1.165) is 12.8 Å². The average Bonchev–Trinajstić information content (AvgIpc) is 2.75. The standard InChI is InChI=1S/C27H37NO4/c1-6-16(2)13-17(3)14-19(5)26-18(4)7-12-23(32-26)24-25(30)22(15-28-27(24)31)20-8-10-21(29)11-9-20/h8-11,14-18,23,26,29H,6-7,12-13H2,1-5H3,(H2,28,30,31)/b19-14+/t16-,17-,18+,23-,26+/m0/s1. The van der Waals surface area contributed by atoms with Crippen molar-refractivity contribution in [3.8, 4) is 22.6 Å². The molecule has 2 aromatic rings. The van der Waals surface area contributed by atoms with Crippen LogP contribution >= 0.6 is 0 Å². The van der Waals surface area contributed by atoms with E-state index >= 15 is 0 Å². The van der Waals surface area contributed by atoms with Gasteiger partial charge in [-0.1, -0.05) is 52.3 Å². The summed E-state index contributed by atoms with van der Waals surface area (Å²) in [6.45, 7) is 11.1.